The third kappa shape index (κ3) is 5.14. The highest BCUT2D eigenvalue weighted by Crippen LogP contribution is 1.66. The molecule has 0 fully saturated rings. The Morgan fingerprint density at radius 1 is 1.88 bits per heavy atom. The van der Waals surface area contributed by atoms with Gasteiger partial charge in [-0.3, -0.25) is 4.79 Å². The summed E-state index contributed by atoms with van der Waals surface area (Å²) in [5, 5.41) is 9.13. The SMILES string of the molecule is CC(=O)NCCC=N. The van der Waals surface area contributed by atoms with E-state index in [1.165, 1.54) is 13.1 Å². The average Bonchev–Trinajstić information content (AvgIpc) is 1.66. The lowest BCUT2D eigenvalue weighted by atomic mass is 10.4. The molecule has 3 heteroatoms. The van der Waals surface area contributed by atoms with Crippen LogP contribution in [0.2, 0.25) is 0 Å². The summed E-state index contributed by atoms with van der Waals surface area (Å²) < 4.78 is 0. The fourth-order valence-electron chi connectivity index (χ4n) is 0.320. The molecule has 2 N–H and O–H groups in total. The van der Waals surface area contributed by atoms with E-state index in [0.29, 0.717) is 13.0 Å². The first kappa shape index (κ1) is 7.14. The van der Waals surface area contributed by atoms with E-state index < -0.39 is 0 Å². The Morgan fingerprint density at radius 3 is 2.88 bits per heavy atom. The van der Waals surface area contributed by atoms with E-state index in [2.05, 4.69) is 5.32 Å². The Balaban J connectivity index is 2.93. The molecule has 0 spiro atoms. The monoisotopic (exact) mass is 114 g/mol. The van der Waals surface area contributed by atoms with Gasteiger partial charge in [-0.05, 0) is 12.6 Å². The lowest BCUT2D eigenvalue weighted by Crippen LogP contribution is -2.20. The highest BCUT2D eigenvalue weighted by Gasteiger charge is 1.84. The van der Waals surface area contributed by atoms with Crippen LogP contribution in [0.15, 0.2) is 0 Å². The van der Waals surface area contributed by atoms with Crippen molar-refractivity contribution in [2.45, 2.75) is 13.3 Å². The molecule has 0 saturated heterocycles. The topological polar surface area (TPSA) is 53.0 Å². The van der Waals surface area contributed by atoms with Crippen molar-refractivity contribution in [3.63, 3.8) is 0 Å². The maximum absolute atomic E-state index is 10.1. The molecule has 0 aliphatic heterocycles. The molecule has 0 aliphatic carbocycles. The summed E-state index contributed by atoms with van der Waals surface area (Å²) in [4.78, 5) is 10.1. The van der Waals surface area contributed by atoms with E-state index in [0.717, 1.165) is 0 Å². The van der Waals surface area contributed by atoms with E-state index in [1.807, 2.05) is 0 Å². The van der Waals surface area contributed by atoms with Crippen LogP contribution in [0.4, 0.5) is 0 Å². The van der Waals surface area contributed by atoms with Gasteiger partial charge in [-0.15, -0.1) is 0 Å². The summed E-state index contributed by atoms with van der Waals surface area (Å²) >= 11 is 0. The molecule has 0 unspecified atom stereocenters. The summed E-state index contributed by atoms with van der Waals surface area (Å²) in [6, 6.07) is 0. The first-order valence-corrected chi connectivity index (χ1v) is 2.50. The third-order valence-corrected chi connectivity index (χ3v) is 0.663. The zero-order chi connectivity index (χ0) is 6.41. The third-order valence-electron chi connectivity index (χ3n) is 0.663. The van der Waals surface area contributed by atoms with E-state index in [9.17, 15) is 4.79 Å². The average molecular weight is 114 g/mol. The summed E-state index contributed by atoms with van der Waals surface area (Å²) in [6.45, 7) is 2.04. The molecule has 0 radical (unpaired) electrons. The molecule has 0 bridgehead atoms. The molecule has 46 valence electrons. The minimum Gasteiger partial charge on any atom is -0.356 e. The van der Waals surface area contributed by atoms with Crippen molar-refractivity contribution in [1.29, 1.82) is 5.41 Å². The maximum Gasteiger partial charge on any atom is 0.216 e. The van der Waals surface area contributed by atoms with Crippen LogP contribution in [-0.2, 0) is 4.79 Å². The zero-order valence-corrected chi connectivity index (χ0v) is 4.90. The lowest BCUT2D eigenvalue weighted by molar-refractivity contribution is -0.118. The van der Waals surface area contributed by atoms with Crippen LogP contribution in [0.5, 0.6) is 0 Å². The van der Waals surface area contributed by atoms with Gasteiger partial charge in [0.2, 0.25) is 5.91 Å². The van der Waals surface area contributed by atoms with Gasteiger partial charge in [-0.25, -0.2) is 0 Å². The van der Waals surface area contributed by atoms with Crippen molar-refractivity contribution in [2.24, 2.45) is 0 Å². The number of hydrogen-bond donors (Lipinski definition) is 2. The highest BCUT2D eigenvalue weighted by molar-refractivity contribution is 5.73. The van der Waals surface area contributed by atoms with E-state index >= 15 is 0 Å². The van der Waals surface area contributed by atoms with Gasteiger partial charge in [-0.1, -0.05) is 0 Å². The second kappa shape index (κ2) is 4.30. The number of carbonyl (C=O) groups is 1. The van der Waals surface area contributed by atoms with Gasteiger partial charge >= 0.3 is 0 Å². The van der Waals surface area contributed by atoms with E-state index in [-0.39, 0.29) is 5.91 Å². The van der Waals surface area contributed by atoms with E-state index in [4.69, 9.17) is 5.41 Å². The van der Waals surface area contributed by atoms with Crippen LogP contribution in [-0.4, -0.2) is 18.7 Å². The standard InChI is InChI=1S/C5H10N2O/c1-5(8)7-4-2-3-6/h3,6H,2,4H2,1H3,(H,7,8). The molecule has 1 amide bonds. The van der Waals surface area contributed by atoms with Crippen molar-refractivity contribution in [2.75, 3.05) is 6.54 Å². The molecule has 8 heavy (non-hydrogen) atoms. The van der Waals surface area contributed by atoms with Crippen LogP contribution in [0.3, 0.4) is 0 Å². The van der Waals surface area contributed by atoms with Crippen molar-refractivity contribution >= 4 is 12.1 Å². The van der Waals surface area contributed by atoms with Crippen LogP contribution >= 0.6 is 0 Å². The summed E-state index contributed by atoms with van der Waals surface area (Å²) in [5.41, 5.74) is 0. The number of nitrogens with one attached hydrogen (secondary N) is 2. The maximum atomic E-state index is 10.1. The highest BCUT2D eigenvalue weighted by atomic mass is 16.1. The van der Waals surface area contributed by atoms with Crippen LogP contribution in [0.1, 0.15) is 13.3 Å². The van der Waals surface area contributed by atoms with Gasteiger partial charge in [0.15, 0.2) is 0 Å². The number of carbonyl (C=O) groups excluding carboxylic acids is 1. The summed E-state index contributed by atoms with van der Waals surface area (Å²) in [7, 11) is 0. The van der Waals surface area contributed by atoms with Gasteiger partial charge in [0, 0.05) is 13.5 Å². The second-order valence-electron chi connectivity index (χ2n) is 1.48. The number of amides is 1. The molecule has 0 aromatic heterocycles. The van der Waals surface area contributed by atoms with Crippen LogP contribution < -0.4 is 5.32 Å². The molecule has 0 aromatic rings. The fraction of sp³-hybridized carbons (Fsp3) is 0.600. The van der Waals surface area contributed by atoms with Crippen molar-refractivity contribution < 1.29 is 4.79 Å². The van der Waals surface area contributed by atoms with Crippen molar-refractivity contribution in [3.8, 4) is 0 Å². The van der Waals surface area contributed by atoms with Gasteiger partial charge in [0.25, 0.3) is 0 Å². The molecular weight excluding hydrogens is 104 g/mol. The molecule has 0 aromatic carbocycles. The molecule has 0 aliphatic rings. The smallest absolute Gasteiger partial charge is 0.216 e. The van der Waals surface area contributed by atoms with Crippen molar-refractivity contribution in [1.82, 2.24) is 5.32 Å². The first-order valence-electron chi connectivity index (χ1n) is 2.50. The molecular formula is C5H10N2O. The predicted octanol–water partition coefficient (Wildman–Crippen LogP) is 0.162. The predicted molar refractivity (Wildman–Crippen MR) is 32.1 cm³/mol. The van der Waals surface area contributed by atoms with E-state index in [1.54, 1.807) is 0 Å². The van der Waals surface area contributed by atoms with Gasteiger partial charge in [-0.2, -0.15) is 0 Å². The molecule has 0 saturated carbocycles. The normalized spacial score (nSPS) is 8.12. The molecule has 0 heterocycles. The minimum atomic E-state index is -0.0353. The Bertz CT molecular complexity index is 90.4. The van der Waals surface area contributed by atoms with Gasteiger partial charge in [0.1, 0.15) is 0 Å². The summed E-state index contributed by atoms with van der Waals surface area (Å²) in [6.07, 6.45) is 1.90. The minimum absolute atomic E-state index is 0.0353. The first-order chi connectivity index (χ1) is 3.77. The Morgan fingerprint density at radius 2 is 2.50 bits per heavy atom. The zero-order valence-electron chi connectivity index (χ0n) is 4.90. The Hall–Kier alpha value is -0.860. The quantitative estimate of drug-likeness (QED) is 0.398. The molecule has 0 rings (SSSR count). The fourth-order valence-corrected chi connectivity index (χ4v) is 0.320. The second-order valence-corrected chi connectivity index (χ2v) is 1.48. The lowest BCUT2D eigenvalue weighted by Gasteiger charge is -1.93. The van der Waals surface area contributed by atoms with Gasteiger partial charge in [0.05, 0.1) is 0 Å². The van der Waals surface area contributed by atoms with Gasteiger partial charge < -0.3 is 10.7 Å². The number of rotatable bonds is 3. The molecule has 3 nitrogen and oxygen atoms in total. The molecule has 0 atom stereocenters. The van der Waals surface area contributed by atoms with Crippen molar-refractivity contribution in [3.05, 3.63) is 0 Å². The van der Waals surface area contributed by atoms with Crippen LogP contribution in [0, 0.1) is 5.41 Å². The largest absolute Gasteiger partial charge is 0.356 e. The van der Waals surface area contributed by atoms with Crippen LogP contribution in [0.25, 0.3) is 0 Å². The number of hydrogen-bond acceptors (Lipinski definition) is 2. The Labute approximate surface area is 48.6 Å². The Kier molecular flexibility index (Phi) is 3.84. The summed E-state index contributed by atoms with van der Waals surface area (Å²) in [5.74, 6) is -0.0353.